The number of fused-ring (bicyclic) bond motifs is 1. The minimum atomic E-state index is -0.471. The molecule has 1 aliphatic rings. The molecule has 0 aliphatic heterocycles. The normalized spacial score (nSPS) is 13.8. The van der Waals surface area contributed by atoms with Gasteiger partial charge in [-0.05, 0) is 37.5 Å². The van der Waals surface area contributed by atoms with Crippen molar-refractivity contribution in [2.24, 2.45) is 12.9 Å². The van der Waals surface area contributed by atoms with Gasteiger partial charge >= 0.3 is 11.7 Å². The first kappa shape index (κ1) is 23.0. The van der Waals surface area contributed by atoms with E-state index in [2.05, 4.69) is 20.9 Å². The zero-order chi connectivity index (χ0) is 23.5. The Morgan fingerprint density at radius 3 is 2.76 bits per heavy atom. The predicted octanol–water partition coefficient (Wildman–Crippen LogP) is 2.28. The molecule has 0 aromatic carbocycles. The molecular formula is C22H25ClN6O4. The zero-order valence-electron chi connectivity index (χ0n) is 18.5. The molecule has 0 radical (unpaired) electrons. The van der Waals surface area contributed by atoms with Crippen LogP contribution in [-0.4, -0.2) is 30.3 Å². The summed E-state index contributed by atoms with van der Waals surface area (Å²) in [5, 5.41) is 0.507. The molecule has 0 bridgehead atoms. The molecule has 0 saturated carbocycles. The van der Waals surface area contributed by atoms with Crippen LogP contribution >= 0.6 is 11.6 Å². The number of nitrogens with two attached hydrogens (primary N) is 1. The molecule has 0 fully saturated rings. The summed E-state index contributed by atoms with van der Waals surface area (Å²) in [4.78, 5) is 39.8. The molecule has 0 spiro atoms. The van der Waals surface area contributed by atoms with Gasteiger partial charge in [0.25, 0.3) is 5.56 Å². The number of allylic oxidation sites excluding steroid dienone is 4. The Labute approximate surface area is 194 Å². The monoisotopic (exact) mass is 472 g/mol. The average Bonchev–Trinajstić information content (AvgIpc) is 3.16. The highest BCUT2D eigenvalue weighted by Crippen LogP contribution is 2.26. The number of aromatic nitrogens is 5. The lowest BCUT2D eigenvalue weighted by molar-refractivity contribution is 0.131. The van der Waals surface area contributed by atoms with Gasteiger partial charge in [-0.15, -0.1) is 0 Å². The highest BCUT2D eigenvalue weighted by atomic mass is 35.5. The third-order valence-electron chi connectivity index (χ3n) is 5.51. The molecule has 0 unspecified atom stereocenters. The van der Waals surface area contributed by atoms with Crippen molar-refractivity contribution in [1.82, 2.24) is 23.7 Å². The fraction of sp³-hybridized carbons (Fsp3) is 0.364. The van der Waals surface area contributed by atoms with Gasteiger partial charge in [-0.1, -0.05) is 23.8 Å². The van der Waals surface area contributed by atoms with E-state index in [1.807, 2.05) is 13.0 Å². The topological polar surface area (TPSA) is 119 Å². The van der Waals surface area contributed by atoms with Crippen LogP contribution in [0.25, 0.3) is 11.2 Å². The summed E-state index contributed by atoms with van der Waals surface area (Å²) in [7, 11) is 1.58. The van der Waals surface area contributed by atoms with Crippen LogP contribution in [0.4, 0.5) is 0 Å². The van der Waals surface area contributed by atoms with Crippen LogP contribution in [0, 0.1) is 0 Å². The molecule has 11 heteroatoms. The molecule has 4 rings (SSSR count). The molecule has 3 aromatic rings. The first-order valence-corrected chi connectivity index (χ1v) is 10.9. The molecule has 0 atom stereocenters. The van der Waals surface area contributed by atoms with Crippen LogP contribution in [0.2, 0.25) is 5.02 Å². The molecule has 3 aromatic heterocycles. The molecule has 10 nitrogen and oxygen atoms in total. The van der Waals surface area contributed by atoms with E-state index >= 15 is 0 Å². The highest BCUT2D eigenvalue weighted by Gasteiger charge is 2.23. The van der Waals surface area contributed by atoms with Crippen LogP contribution < -0.4 is 21.9 Å². The van der Waals surface area contributed by atoms with Gasteiger partial charge < -0.3 is 9.57 Å². The molecule has 2 N–H and O–H groups in total. The van der Waals surface area contributed by atoms with Gasteiger partial charge in [0.2, 0.25) is 0 Å². The third kappa shape index (κ3) is 4.63. The van der Waals surface area contributed by atoms with E-state index in [1.165, 1.54) is 10.8 Å². The number of hydrogen-bond acceptors (Lipinski definition) is 7. The largest absolute Gasteiger partial charge is 0.430 e. The Bertz CT molecular complexity index is 1350. The van der Waals surface area contributed by atoms with Crippen molar-refractivity contribution in [2.45, 2.75) is 39.3 Å². The summed E-state index contributed by atoms with van der Waals surface area (Å²) >= 11 is 5.98. The van der Waals surface area contributed by atoms with E-state index in [-0.39, 0.29) is 36.9 Å². The second kappa shape index (κ2) is 9.74. The zero-order valence-corrected chi connectivity index (χ0v) is 19.2. The Kier molecular flexibility index (Phi) is 6.77. The molecule has 0 amide bonds. The smallest absolute Gasteiger partial charge is 0.332 e. The van der Waals surface area contributed by atoms with E-state index in [4.69, 9.17) is 22.2 Å². The second-order valence-corrected chi connectivity index (χ2v) is 8.23. The SMILES string of the molecule is CC1=C(Oc2nc3c(c(=O)n(CCCON)c(=O)n3C)n2Cc2ccc(Cl)cn2)CCC=C1. The van der Waals surface area contributed by atoms with E-state index in [0.29, 0.717) is 23.6 Å². The van der Waals surface area contributed by atoms with Crippen LogP contribution in [0.15, 0.2) is 51.4 Å². The summed E-state index contributed by atoms with van der Waals surface area (Å²) in [5.41, 5.74) is 1.20. The average molecular weight is 473 g/mol. The molecular weight excluding hydrogens is 448 g/mol. The molecule has 3 heterocycles. The minimum absolute atomic E-state index is 0.161. The van der Waals surface area contributed by atoms with E-state index in [9.17, 15) is 9.59 Å². The maximum absolute atomic E-state index is 13.4. The number of ether oxygens (including phenoxy) is 1. The summed E-state index contributed by atoms with van der Waals surface area (Å²) in [6, 6.07) is 3.72. The van der Waals surface area contributed by atoms with Crippen LogP contribution in [-0.2, 0) is 25.0 Å². The lowest BCUT2D eigenvalue weighted by Crippen LogP contribution is -2.40. The third-order valence-corrected chi connectivity index (χ3v) is 5.73. The fourth-order valence-electron chi connectivity index (χ4n) is 3.75. The fourth-order valence-corrected chi connectivity index (χ4v) is 3.86. The van der Waals surface area contributed by atoms with E-state index in [0.717, 1.165) is 22.3 Å². The number of halogens is 1. The van der Waals surface area contributed by atoms with Crippen molar-refractivity contribution < 1.29 is 9.57 Å². The summed E-state index contributed by atoms with van der Waals surface area (Å²) < 4.78 is 10.4. The summed E-state index contributed by atoms with van der Waals surface area (Å²) in [6.07, 6.45) is 7.58. The molecule has 0 saturated heterocycles. The number of aryl methyl sites for hydroxylation is 1. The number of hydrogen-bond donors (Lipinski definition) is 1. The number of pyridine rings is 1. The van der Waals surface area contributed by atoms with E-state index in [1.54, 1.807) is 23.7 Å². The molecule has 33 heavy (non-hydrogen) atoms. The first-order valence-electron chi connectivity index (χ1n) is 10.6. The summed E-state index contributed by atoms with van der Waals surface area (Å²) in [5.74, 6) is 5.85. The van der Waals surface area contributed by atoms with Crippen molar-refractivity contribution in [2.75, 3.05) is 6.61 Å². The molecule has 174 valence electrons. The van der Waals surface area contributed by atoms with Crippen molar-refractivity contribution in [3.63, 3.8) is 0 Å². The second-order valence-electron chi connectivity index (χ2n) is 7.79. The quantitative estimate of drug-likeness (QED) is 0.394. The van der Waals surface area contributed by atoms with Crippen LogP contribution in [0.1, 0.15) is 31.9 Å². The van der Waals surface area contributed by atoms with Crippen molar-refractivity contribution in [3.05, 3.63) is 73.4 Å². The predicted molar refractivity (Wildman–Crippen MR) is 124 cm³/mol. The number of imidazole rings is 1. The van der Waals surface area contributed by atoms with Crippen molar-refractivity contribution in [1.29, 1.82) is 0 Å². The lowest BCUT2D eigenvalue weighted by atomic mass is 10.1. The van der Waals surface area contributed by atoms with Gasteiger partial charge in [0, 0.05) is 26.2 Å². The Morgan fingerprint density at radius 2 is 2.06 bits per heavy atom. The van der Waals surface area contributed by atoms with Crippen LogP contribution in [0.5, 0.6) is 6.01 Å². The van der Waals surface area contributed by atoms with Gasteiger partial charge in [0.1, 0.15) is 5.76 Å². The standard InChI is InChI=1S/C22H25ClN6O4/c1-14-6-3-4-7-17(14)33-21-26-19-18(29(21)13-16-9-8-15(23)12-25-16)20(30)28(10-5-11-32-24)22(31)27(19)2/h3,6,8-9,12H,4-5,7,10-11,13,24H2,1-2H3. The maximum Gasteiger partial charge on any atom is 0.332 e. The Balaban J connectivity index is 1.90. The van der Waals surface area contributed by atoms with Crippen LogP contribution in [0.3, 0.4) is 0 Å². The number of nitrogens with zero attached hydrogens (tertiary/aromatic N) is 5. The Morgan fingerprint density at radius 1 is 1.24 bits per heavy atom. The minimum Gasteiger partial charge on any atom is -0.430 e. The number of rotatable bonds is 8. The first-order chi connectivity index (χ1) is 15.9. The van der Waals surface area contributed by atoms with Crippen molar-refractivity contribution >= 4 is 22.8 Å². The van der Waals surface area contributed by atoms with Gasteiger partial charge in [0.15, 0.2) is 11.2 Å². The highest BCUT2D eigenvalue weighted by molar-refractivity contribution is 6.30. The van der Waals surface area contributed by atoms with Gasteiger partial charge in [-0.2, -0.15) is 4.98 Å². The maximum atomic E-state index is 13.4. The lowest BCUT2D eigenvalue weighted by Gasteiger charge is -2.15. The Hall–Kier alpha value is -3.21. The summed E-state index contributed by atoms with van der Waals surface area (Å²) in [6.45, 7) is 2.55. The van der Waals surface area contributed by atoms with E-state index < -0.39 is 11.2 Å². The van der Waals surface area contributed by atoms with Crippen molar-refractivity contribution in [3.8, 4) is 6.01 Å². The van der Waals surface area contributed by atoms with Gasteiger partial charge in [-0.3, -0.25) is 23.5 Å². The van der Waals surface area contributed by atoms with Gasteiger partial charge in [0.05, 0.1) is 23.9 Å². The molecule has 1 aliphatic carbocycles. The van der Waals surface area contributed by atoms with Gasteiger partial charge in [-0.25, -0.2) is 10.7 Å².